The van der Waals surface area contributed by atoms with Crippen molar-refractivity contribution in [3.05, 3.63) is 28.8 Å². The molecule has 1 aromatic rings. The maximum atomic E-state index is 12.2. The standard InChI is InChI=1S/C15H18ClNO4/c1-10-5-6-11(16)13(8-10)21-9-14(18)17-7-3-2-4-12(17)15(19)20/h5-6,8,12H,2-4,7,9H2,1H3,(H,19,20). The highest BCUT2D eigenvalue weighted by atomic mass is 35.5. The summed E-state index contributed by atoms with van der Waals surface area (Å²) < 4.78 is 5.44. The molecule has 1 unspecified atom stereocenters. The van der Waals surface area contributed by atoms with Crippen molar-refractivity contribution in [3.63, 3.8) is 0 Å². The Bertz CT molecular complexity index is 546. The van der Waals surface area contributed by atoms with Gasteiger partial charge in [-0.25, -0.2) is 4.79 Å². The van der Waals surface area contributed by atoms with E-state index in [9.17, 15) is 9.59 Å². The van der Waals surface area contributed by atoms with Crippen molar-refractivity contribution < 1.29 is 19.4 Å². The highest BCUT2D eigenvalue weighted by Crippen LogP contribution is 2.25. The number of likely N-dealkylation sites (tertiary alicyclic amines) is 1. The topological polar surface area (TPSA) is 66.8 Å². The van der Waals surface area contributed by atoms with Gasteiger partial charge in [-0.05, 0) is 43.9 Å². The van der Waals surface area contributed by atoms with Crippen molar-refractivity contribution in [1.29, 1.82) is 0 Å². The number of halogens is 1. The number of rotatable bonds is 4. The average Bonchev–Trinajstić information content (AvgIpc) is 2.47. The third-order valence-corrected chi connectivity index (χ3v) is 3.86. The van der Waals surface area contributed by atoms with Gasteiger partial charge in [0.15, 0.2) is 6.61 Å². The largest absolute Gasteiger partial charge is 0.482 e. The molecule has 6 heteroatoms. The summed E-state index contributed by atoms with van der Waals surface area (Å²) in [5.74, 6) is -0.842. The molecule has 21 heavy (non-hydrogen) atoms. The molecule has 1 heterocycles. The molecular formula is C15H18ClNO4. The predicted octanol–water partition coefficient (Wildman–Crippen LogP) is 2.49. The fraction of sp³-hybridized carbons (Fsp3) is 0.467. The van der Waals surface area contributed by atoms with Crippen LogP contribution in [0.2, 0.25) is 5.02 Å². The van der Waals surface area contributed by atoms with E-state index in [1.807, 2.05) is 13.0 Å². The number of hydrogen-bond donors (Lipinski definition) is 1. The zero-order valence-electron chi connectivity index (χ0n) is 11.8. The van der Waals surface area contributed by atoms with E-state index in [4.69, 9.17) is 21.4 Å². The van der Waals surface area contributed by atoms with E-state index in [-0.39, 0.29) is 12.5 Å². The van der Waals surface area contributed by atoms with Gasteiger partial charge in [0, 0.05) is 6.54 Å². The Morgan fingerprint density at radius 3 is 2.90 bits per heavy atom. The molecule has 5 nitrogen and oxygen atoms in total. The van der Waals surface area contributed by atoms with Gasteiger partial charge in [0.1, 0.15) is 11.8 Å². The van der Waals surface area contributed by atoms with Gasteiger partial charge in [-0.3, -0.25) is 4.79 Å². The molecule has 1 aliphatic rings. The summed E-state index contributed by atoms with van der Waals surface area (Å²) in [4.78, 5) is 24.7. The highest BCUT2D eigenvalue weighted by Gasteiger charge is 2.32. The maximum Gasteiger partial charge on any atom is 0.326 e. The van der Waals surface area contributed by atoms with Crippen LogP contribution < -0.4 is 4.74 Å². The summed E-state index contributed by atoms with van der Waals surface area (Å²) in [5.41, 5.74) is 0.975. The van der Waals surface area contributed by atoms with Gasteiger partial charge >= 0.3 is 5.97 Å². The summed E-state index contributed by atoms with van der Waals surface area (Å²) in [6.45, 7) is 2.16. The van der Waals surface area contributed by atoms with Crippen LogP contribution in [0.15, 0.2) is 18.2 Å². The van der Waals surface area contributed by atoms with E-state index in [2.05, 4.69) is 0 Å². The van der Waals surface area contributed by atoms with E-state index in [0.717, 1.165) is 18.4 Å². The lowest BCUT2D eigenvalue weighted by atomic mass is 10.0. The van der Waals surface area contributed by atoms with Crippen LogP contribution in [0.5, 0.6) is 5.75 Å². The van der Waals surface area contributed by atoms with Crippen molar-refractivity contribution in [2.45, 2.75) is 32.2 Å². The third-order valence-electron chi connectivity index (χ3n) is 3.55. The van der Waals surface area contributed by atoms with E-state index >= 15 is 0 Å². The smallest absolute Gasteiger partial charge is 0.326 e. The molecular weight excluding hydrogens is 294 g/mol. The third kappa shape index (κ3) is 3.88. The number of hydrogen-bond acceptors (Lipinski definition) is 3. The molecule has 1 saturated heterocycles. The summed E-state index contributed by atoms with van der Waals surface area (Å²) in [6.07, 6.45) is 2.14. The number of aryl methyl sites for hydroxylation is 1. The number of carboxylic acid groups (broad SMARTS) is 1. The molecule has 1 amide bonds. The van der Waals surface area contributed by atoms with Crippen LogP contribution in [0, 0.1) is 6.92 Å². The molecule has 0 spiro atoms. The molecule has 1 aliphatic heterocycles. The number of amides is 1. The number of benzene rings is 1. The molecule has 0 saturated carbocycles. The van der Waals surface area contributed by atoms with Gasteiger partial charge in [0.05, 0.1) is 5.02 Å². The number of carbonyl (C=O) groups is 2. The lowest BCUT2D eigenvalue weighted by Gasteiger charge is -2.32. The van der Waals surface area contributed by atoms with Crippen LogP contribution in [0.25, 0.3) is 0 Å². The summed E-state index contributed by atoms with van der Waals surface area (Å²) >= 11 is 6.00. The zero-order chi connectivity index (χ0) is 15.4. The van der Waals surface area contributed by atoms with Crippen LogP contribution in [0.4, 0.5) is 0 Å². The molecule has 114 valence electrons. The monoisotopic (exact) mass is 311 g/mol. The van der Waals surface area contributed by atoms with Gasteiger partial charge in [0.25, 0.3) is 5.91 Å². The lowest BCUT2D eigenvalue weighted by Crippen LogP contribution is -2.49. The first-order valence-electron chi connectivity index (χ1n) is 6.90. The molecule has 0 aromatic heterocycles. The Hall–Kier alpha value is -1.75. The average molecular weight is 312 g/mol. The number of carboxylic acids is 1. The van der Waals surface area contributed by atoms with E-state index in [0.29, 0.717) is 23.7 Å². The van der Waals surface area contributed by atoms with E-state index in [1.54, 1.807) is 12.1 Å². The minimum atomic E-state index is -0.961. The summed E-state index contributed by atoms with van der Waals surface area (Å²) in [7, 11) is 0. The van der Waals surface area contributed by atoms with Gasteiger partial charge in [-0.2, -0.15) is 0 Å². The molecule has 1 atom stereocenters. The Balaban J connectivity index is 2.00. The minimum absolute atomic E-state index is 0.201. The van der Waals surface area contributed by atoms with Crippen molar-refractivity contribution in [1.82, 2.24) is 4.90 Å². The fourth-order valence-electron chi connectivity index (χ4n) is 2.43. The van der Waals surface area contributed by atoms with E-state index in [1.165, 1.54) is 4.90 Å². The number of carbonyl (C=O) groups excluding carboxylic acids is 1. The van der Waals surface area contributed by atoms with Gasteiger partial charge < -0.3 is 14.7 Å². The molecule has 1 N–H and O–H groups in total. The minimum Gasteiger partial charge on any atom is -0.482 e. The van der Waals surface area contributed by atoms with E-state index < -0.39 is 12.0 Å². The zero-order valence-corrected chi connectivity index (χ0v) is 12.6. The maximum absolute atomic E-state index is 12.2. The van der Waals surface area contributed by atoms with Crippen molar-refractivity contribution in [2.75, 3.05) is 13.2 Å². The van der Waals surface area contributed by atoms with Crippen molar-refractivity contribution >= 4 is 23.5 Å². The second kappa shape index (κ2) is 6.80. The normalized spacial score (nSPS) is 18.4. The Morgan fingerprint density at radius 1 is 1.43 bits per heavy atom. The molecule has 0 bridgehead atoms. The van der Waals surface area contributed by atoms with Crippen molar-refractivity contribution in [2.24, 2.45) is 0 Å². The molecule has 2 rings (SSSR count). The molecule has 0 aliphatic carbocycles. The van der Waals surface area contributed by atoms with Crippen LogP contribution in [-0.4, -0.2) is 41.1 Å². The fourth-order valence-corrected chi connectivity index (χ4v) is 2.60. The van der Waals surface area contributed by atoms with Crippen LogP contribution >= 0.6 is 11.6 Å². The SMILES string of the molecule is Cc1ccc(Cl)c(OCC(=O)N2CCCCC2C(=O)O)c1. The molecule has 1 aromatic carbocycles. The van der Waals surface area contributed by atoms with Crippen LogP contribution in [0.3, 0.4) is 0 Å². The number of piperidine rings is 1. The van der Waals surface area contributed by atoms with Gasteiger partial charge in [-0.15, -0.1) is 0 Å². The number of nitrogens with zero attached hydrogens (tertiary/aromatic N) is 1. The van der Waals surface area contributed by atoms with Crippen molar-refractivity contribution in [3.8, 4) is 5.75 Å². The predicted molar refractivity (Wildman–Crippen MR) is 78.7 cm³/mol. The Kier molecular flexibility index (Phi) is 5.07. The summed E-state index contributed by atoms with van der Waals surface area (Å²) in [6, 6.07) is 4.56. The first-order valence-corrected chi connectivity index (χ1v) is 7.28. The van der Waals surface area contributed by atoms with Gasteiger partial charge in [0.2, 0.25) is 0 Å². The first kappa shape index (κ1) is 15.6. The van der Waals surface area contributed by atoms with Crippen LogP contribution in [0.1, 0.15) is 24.8 Å². The Morgan fingerprint density at radius 2 is 2.19 bits per heavy atom. The molecule has 1 fully saturated rings. The first-order chi connectivity index (χ1) is 9.99. The van der Waals surface area contributed by atoms with Gasteiger partial charge in [-0.1, -0.05) is 17.7 Å². The lowest BCUT2D eigenvalue weighted by molar-refractivity contribution is -0.152. The number of aliphatic carboxylic acids is 1. The second-order valence-corrected chi connectivity index (χ2v) is 5.57. The highest BCUT2D eigenvalue weighted by molar-refractivity contribution is 6.32. The quantitative estimate of drug-likeness (QED) is 0.927. The molecule has 0 radical (unpaired) electrons. The second-order valence-electron chi connectivity index (χ2n) is 5.16. The Labute approximate surface area is 128 Å². The summed E-state index contributed by atoms with van der Waals surface area (Å²) in [5, 5.41) is 9.60. The number of ether oxygens (including phenoxy) is 1. The van der Waals surface area contributed by atoms with Crippen LogP contribution in [-0.2, 0) is 9.59 Å².